The van der Waals surface area contributed by atoms with Gasteiger partial charge in [-0.2, -0.15) is 18.3 Å². The van der Waals surface area contributed by atoms with Crippen LogP contribution in [0.4, 0.5) is 13.2 Å². The average Bonchev–Trinajstić information content (AvgIpc) is 2.62. The molecular weight excluding hydrogens is 373 g/mol. The summed E-state index contributed by atoms with van der Waals surface area (Å²) in [6.07, 6.45) is -2.46. The minimum Gasteiger partial charge on any atom is -0.493 e. The van der Waals surface area contributed by atoms with E-state index in [-0.39, 0.29) is 18.1 Å². The molecule has 0 heterocycles. The van der Waals surface area contributed by atoms with E-state index in [4.69, 9.17) is 20.9 Å². The average molecular weight is 394 g/mol. The van der Waals surface area contributed by atoms with Crippen LogP contribution >= 0.6 is 0 Å². The Hall–Kier alpha value is -3.23. The zero-order chi connectivity index (χ0) is 20.6. The zero-order valence-corrected chi connectivity index (χ0v) is 15.2. The van der Waals surface area contributed by atoms with Gasteiger partial charge >= 0.3 is 6.18 Å². The van der Waals surface area contributed by atoms with Gasteiger partial charge in [0.2, 0.25) is 5.96 Å². The number of hydrogen-bond donors (Lipinski definition) is 2. The summed E-state index contributed by atoms with van der Waals surface area (Å²) in [5.41, 5.74) is 10.5. The summed E-state index contributed by atoms with van der Waals surface area (Å²) >= 11 is 0. The van der Waals surface area contributed by atoms with Gasteiger partial charge in [0, 0.05) is 24.3 Å². The van der Waals surface area contributed by atoms with E-state index in [0.29, 0.717) is 24.5 Å². The molecule has 0 amide bonds. The fraction of sp³-hybridized carbons (Fsp3) is 0.263. The summed E-state index contributed by atoms with van der Waals surface area (Å²) in [5.74, 6) is 0.820. The molecule has 0 aliphatic rings. The third-order valence-electron chi connectivity index (χ3n) is 3.51. The second kappa shape index (κ2) is 9.63. The van der Waals surface area contributed by atoms with Gasteiger partial charge in [0.25, 0.3) is 0 Å². The molecule has 2 aromatic carbocycles. The van der Waals surface area contributed by atoms with E-state index in [9.17, 15) is 13.2 Å². The molecule has 2 rings (SSSR count). The predicted octanol–water partition coefficient (Wildman–Crippen LogP) is 3.62. The molecule has 0 aliphatic heterocycles. The molecule has 9 heteroatoms. The molecular formula is C19H21F3N4O2. The molecule has 0 spiro atoms. The standard InChI is InChI=1S/C19H21F3N4O2/c1-13-9-15(27-8-4-7-25-26-18(23)24)11-16(10-13)28-12-14-5-2-3-6-17(14)19(20,21)22/h2-3,5-7,9-11H,4,8,12H2,1H3,(H4,23,24,26). The third-order valence-corrected chi connectivity index (χ3v) is 3.51. The highest BCUT2D eigenvalue weighted by Gasteiger charge is 2.32. The van der Waals surface area contributed by atoms with Crippen LogP contribution in [-0.4, -0.2) is 18.8 Å². The van der Waals surface area contributed by atoms with Crippen molar-refractivity contribution < 1.29 is 22.6 Å². The van der Waals surface area contributed by atoms with Crippen molar-refractivity contribution in [2.24, 2.45) is 21.7 Å². The molecule has 0 saturated carbocycles. The third kappa shape index (κ3) is 6.82. The number of benzene rings is 2. The van der Waals surface area contributed by atoms with Gasteiger partial charge in [0.15, 0.2) is 0 Å². The first-order valence-corrected chi connectivity index (χ1v) is 8.38. The number of ether oxygens (including phenoxy) is 2. The molecule has 0 radical (unpaired) electrons. The van der Waals surface area contributed by atoms with Gasteiger partial charge < -0.3 is 20.9 Å². The van der Waals surface area contributed by atoms with Gasteiger partial charge in [-0.15, -0.1) is 5.10 Å². The second-order valence-corrected chi connectivity index (χ2v) is 5.89. The van der Waals surface area contributed by atoms with E-state index in [1.165, 1.54) is 18.3 Å². The van der Waals surface area contributed by atoms with E-state index in [1.54, 1.807) is 24.3 Å². The number of hydrogen-bond acceptors (Lipinski definition) is 4. The lowest BCUT2D eigenvalue weighted by Gasteiger charge is -2.14. The Morgan fingerprint density at radius 3 is 2.43 bits per heavy atom. The molecule has 0 atom stereocenters. The van der Waals surface area contributed by atoms with E-state index in [1.807, 2.05) is 6.92 Å². The molecule has 150 valence electrons. The van der Waals surface area contributed by atoms with Crippen molar-refractivity contribution in [3.8, 4) is 11.5 Å². The minimum atomic E-state index is -4.43. The largest absolute Gasteiger partial charge is 0.493 e. The van der Waals surface area contributed by atoms with Crippen molar-refractivity contribution in [3.05, 3.63) is 59.2 Å². The molecule has 0 unspecified atom stereocenters. The smallest absolute Gasteiger partial charge is 0.416 e. The lowest BCUT2D eigenvalue weighted by Crippen LogP contribution is -2.21. The lowest BCUT2D eigenvalue weighted by molar-refractivity contribution is -0.138. The summed E-state index contributed by atoms with van der Waals surface area (Å²) in [7, 11) is 0. The van der Waals surface area contributed by atoms with Crippen LogP contribution in [0.25, 0.3) is 0 Å². The SMILES string of the molecule is Cc1cc(OCCC=NN=C(N)N)cc(OCc2ccccc2C(F)(F)F)c1. The van der Waals surface area contributed by atoms with Gasteiger partial charge in [-0.05, 0) is 30.7 Å². The maximum Gasteiger partial charge on any atom is 0.416 e. The van der Waals surface area contributed by atoms with Crippen LogP contribution in [-0.2, 0) is 12.8 Å². The Labute approximate surface area is 160 Å². The van der Waals surface area contributed by atoms with Crippen molar-refractivity contribution in [3.63, 3.8) is 0 Å². The van der Waals surface area contributed by atoms with E-state index < -0.39 is 11.7 Å². The molecule has 0 aliphatic carbocycles. The molecule has 0 saturated heterocycles. The van der Waals surface area contributed by atoms with Crippen molar-refractivity contribution in [1.29, 1.82) is 0 Å². The molecule has 28 heavy (non-hydrogen) atoms. The van der Waals surface area contributed by atoms with Crippen molar-refractivity contribution in [1.82, 2.24) is 0 Å². The van der Waals surface area contributed by atoms with Crippen LogP contribution in [0.1, 0.15) is 23.1 Å². The summed E-state index contributed by atoms with van der Waals surface area (Å²) in [6, 6.07) is 10.5. The van der Waals surface area contributed by atoms with Crippen LogP contribution in [0.2, 0.25) is 0 Å². The Balaban J connectivity index is 1.99. The van der Waals surface area contributed by atoms with Crippen molar-refractivity contribution in [2.75, 3.05) is 6.61 Å². The Kier molecular flexibility index (Phi) is 7.25. The number of rotatable bonds is 8. The first kappa shape index (κ1) is 21.1. The molecule has 4 N–H and O–H groups in total. The molecule has 2 aromatic rings. The predicted molar refractivity (Wildman–Crippen MR) is 101 cm³/mol. The Morgan fingerprint density at radius 2 is 1.75 bits per heavy atom. The lowest BCUT2D eigenvalue weighted by atomic mass is 10.1. The van der Waals surface area contributed by atoms with E-state index in [0.717, 1.165) is 11.6 Å². The fourth-order valence-corrected chi connectivity index (χ4v) is 2.36. The first-order valence-electron chi connectivity index (χ1n) is 8.38. The summed E-state index contributed by atoms with van der Waals surface area (Å²) < 4.78 is 50.4. The number of nitrogens with two attached hydrogens (primary N) is 2. The molecule has 0 fully saturated rings. The quantitative estimate of drug-likeness (QED) is 0.309. The highest BCUT2D eigenvalue weighted by Crippen LogP contribution is 2.32. The number of alkyl halides is 3. The summed E-state index contributed by atoms with van der Waals surface area (Å²) in [6.45, 7) is 1.95. The van der Waals surface area contributed by atoms with E-state index in [2.05, 4.69) is 10.2 Å². The van der Waals surface area contributed by atoms with Gasteiger partial charge in [0.1, 0.15) is 18.1 Å². The number of halogens is 3. The van der Waals surface area contributed by atoms with Crippen LogP contribution in [0.5, 0.6) is 11.5 Å². The topological polar surface area (TPSA) is 95.2 Å². The Morgan fingerprint density at radius 1 is 1.07 bits per heavy atom. The minimum absolute atomic E-state index is 0.0647. The maximum absolute atomic E-state index is 13.1. The molecule has 6 nitrogen and oxygen atoms in total. The Bertz CT molecular complexity index is 847. The van der Waals surface area contributed by atoms with Crippen LogP contribution in [0, 0.1) is 6.92 Å². The zero-order valence-electron chi connectivity index (χ0n) is 15.2. The number of aryl methyl sites for hydroxylation is 1. The van der Waals surface area contributed by atoms with Crippen molar-refractivity contribution >= 4 is 12.2 Å². The highest BCUT2D eigenvalue weighted by molar-refractivity contribution is 5.76. The van der Waals surface area contributed by atoms with Gasteiger partial charge in [-0.25, -0.2) is 0 Å². The van der Waals surface area contributed by atoms with Crippen molar-refractivity contribution in [2.45, 2.75) is 26.1 Å². The summed E-state index contributed by atoms with van der Waals surface area (Å²) in [5, 5.41) is 7.11. The van der Waals surface area contributed by atoms with Crippen LogP contribution in [0.3, 0.4) is 0 Å². The highest BCUT2D eigenvalue weighted by atomic mass is 19.4. The molecule has 0 aromatic heterocycles. The monoisotopic (exact) mass is 394 g/mol. The van der Waals surface area contributed by atoms with Gasteiger partial charge in [-0.3, -0.25) is 0 Å². The second-order valence-electron chi connectivity index (χ2n) is 5.89. The normalized spacial score (nSPS) is 11.4. The van der Waals surface area contributed by atoms with Gasteiger partial charge in [-0.1, -0.05) is 18.2 Å². The first-order chi connectivity index (χ1) is 13.3. The molecule has 0 bridgehead atoms. The maximum atomic E-state index is 13.1. The number of guanidine groups is 1. The van der Waals surface area contributed by atoms with Crippen LogP contribution in [0.15, 0.2) is 52.7 Å². The fourth-order valence-electron chi connectivity index (χ4n) is 2.36. The van der Waals surface area contributed by atoms with Gasteiger partial charge in [0.05, 0.1) is 12.2 Å². The van der Waals surface area contributed by atoms with Crippen LogP contribution < -0.4 is 20.9 Å². The summed E-state index contributed by atoms with van der Waals surface area (Å²) in [4.78, 5) is 0. The van der Waals surface area contributed by atoms with E-state index >= 15 is 0 Å². The number of nitrogens with zero attached hydrogens (tertiary/aromatic N) is 2.